The van der Waals surface area contributed by atoms with Gasteiger partial charge in [-0.05, 0) is 25.7 Å². The molecule has 6 aliphatic heterocycles. The van der Waals surface area contributed by atoms with Gasteiger partial charge in [-0.3, -0.25) is 19.6 Å². The van der Waals surface area contributed by atoms with Crippen LogP contribution in [0.1, 0.15) is 25.7 Å². The standard InChI is InChI=1S/C8H12.2C6H12N2/c1-2-4-6-8-7-5-3-1;2*1-2-8-5-3-7(1)4-6-8/h1-2,7-8H,3-6H2;2*1-6H2/b2-1-,8-7-;;. The molecule has 4 nitrogen and oxygen atoms in total. The summed E-state index contributed by atoms with van der Waals surface area (Å²) in [4.78, 5) is 10.2. The SMILES string of the molecule is C1=C\CC/C=C\CC/1.C1CN2CCN1CC2.C1CN2CCN1CC2. The van der Waals surface area contributed by atoms with Gasteiger partial charge in [0.15, 0.2) is 0 Å². The highest BCUT2D eigenvalue weighted by Crippen LogP contribution is 2.07. The zero-order chi connectivity index (χ0) is 16.5. The van der Waals surface area contributed by atoms with Crippen molar-refractivity contribution in [2.45, 2.75) is 25.7 Å². The lowest BCUT2D eigenvalue weighted by molar-refractivity contribution is 0.0647. The Kier molecular flexibility index (Phi) is 7.81. The molecule has 4 heteroatoms. The van der Waals surface area contributed by atoms with E-state index in [1.54, 1.807) is 0 Å². The Morgan fingerprint density at radius 2 is 0.458 bits per heavy atom. The Balaban J connectivity index is 0.000000106. The van der Waals surface area contributed by atoms with E-state index < -0.39 is 0 Å². The second kappa shape index (κ2) is 10.3. The predicted octanol–water partition coefficient (Wildman–Crippen LogP) is 1.91. The van der Waals surface area contributed by atoms with Crippen LogP contribution in [0.5, 0.6) is 0 Å². The van der Waals surface area contributed by atoms with Crippen molar-refractivity contribution in [3.63, 3.8) is 0 Å². The highest BCUT2D eigenvalue weighted by Gasteiger charge is 2.22. The average molecular weight is 333 g/mol. The summed E-state index contributed by atoms with van der Waals surface area (Å²) in [5, 5.41) is 0. The smallest absolute Gasteiger partial charge is 0.0110 e. The number of hydrogen-bond donors (Lipinski definition) is 0. The van der Waals surface area contributed by atoms with Gasteiger partial charge in [0.25, 0.3) is 0 Å². The van der Waals surface area contributed by atoms with Crippen LogP contribution >= 0.6 is 0 Å². The first-order valence-corrected chi connectivity index (χ1v) is 10.1. The third-order valence-electron chi connectivity index (χ3n) is 5.73. The molecule has 136 valence electrons. The molecule has 0 atom stereocenters. The van der Waals surface area contributed by atoms with Crippen molar-refractivity contribution in [1.29, 1.82) is 0 Å². The molecule has 0 unspecified atom stereocenters. The third-order valence-corrected chi connectivity index (χ3v) is 5.73. The van der Waals surface area contributed by atoms with Crippen molar-refractivity contribution >= 4 is 0 Å². The fourth-order valence-corrected chi connectivity index (χ4v) is 3.90. The Morgan fingerprint density at radius 3 is 0.583 bits per heavy atom. The maximum atomic E-state index is 2.54. The Morgan fingerprint density at radius 1 is 0.292 bits per heavy atom. The minimum Gasteiger partial charge on any atom is -0.300 e. The molecule has 0 aromatic rings. The number of piperazine rings is 6. The van der Waals surface area contributed by atoms with Gasteiger partial charge in [0, 0.05) is 78.5 Å². The molecule has 6 fully saturated rings. The fourth-order valence-electron chi connectivity index (χ4n) is 3.90. The second-order valence-electron chi connectivity index (χ2n) is 7.46. The first-order valence-electron chi connectivity index (χ1n) is 10.1. The molecule has 7 rings (SSSR count). The molecule has 0 aromatic heterocycles. The number of allylic oxidation sites excluding steroid dienone is 4. The van der Waals surface area contributed by atoms with Crippen LogP contribution in [0.25, 0.3) is 0 Å². The summed E-state index contributed by atoms with van der Waals surface area (Å²) >= 11 is 0. The van der Waals surface area contributed by atoms with Crippen molar-refractivity contribution in [3.05, 3.63) is 24.3 Å². The van der Waals surface area contributed by atoms with E-state index in [1.165, 1.54) is 104 Å². The highest BCUT2D eigenvalue weighted by molar-refractivity contribution is 4.93. The van der Waals surface area contributed by atoms with Gasteiger partial charge in [-0.1, -0.05) is 24.3 Å². The minimum atomic E-state index is 1.23. The van der Waals surface area contributed by atoms with E-state index in [0.717, 1.165) is 0 Å². The summed E-state index contributed by atoms with van der Waals surface area (Å²) < 4.78 is 0. The van der Waals surface area contributed by atoms with Crippen LogP contribution in [0.3, 0.4) is 0 Å². The summed E-state index contributed by atoms with van der Waals surface area (Å²) in [6.07, 6.45) is 14.0. The van der Waals surface area contributed by atoms with E-state index >= 15 is 0 Å². The molecule has 0 saturated carbocycles. The maximum Gasteiger partial charge on any atom is 0.0110 e. The summed E-state index contributed by atoms with van der Waals surface area (Å²) in [7, 11) is 0. The average Bonchev–Trinajstić information content (AvgIpc) is 2.65. The van der Waals surface area contributed by atoms with Crippen LogP contribution in [-0.2, 0) is 0 Å². The van der Waals surface area contributed by atoms with Gasteiger partial charge in [-0.15, -0.1) is 0 Å². The van der Waals surface area contributed by atoms with Gasteiger partial charge in [0.2, 0.25) is 0 Å². The quantitative estimate of drug-likeness (QED) is 0.628. The van der Waals surface area contributed by atoms with E-state index in [0.29, 0.717) is 0 Å². The molecule has 0 amide bonds. The Bertz CT molecular complexity index is 294. The number of fused-ring (bicyclic) bond motifs is 6. The third kappa shape index (κ3) is 6.32. The van der Waals surface area contributed by atoms with E-state index in [1.807, 2.05) is 0 Å². The summed E-state index contributed by atoms with van der Waals surface area (Å²) in [6.45, 7) is 15.8. The van der Waals surface area contributed by atoms with Crippen LogP contribution in [0.2, 0.25) is 0 Å². The normalized spacial score (nSPS) is 39.3. The van der Waals surface area contributed by atoms with E-state index in [-0.39, 0.29) is 0 Å². The van der Waals surface area contributed by atoms with Crippen molar-refractivity contribution in [2.75, 3.05) is 78.5 Å². The molecule has 24 heavy (non-hydrogen) atoms. The Hall–Kier alpha value is -0.680. The van der Waals surface area contributed by atoms with Crippen LogP contribution in [-0.4, -0.2) is 98.1 Å². The van der Waals surface area contributed by atoms with Crippen molar-refractivity contribution in [1.82, 2.24) is 19.6 Å². The summed E-state index contributed by atoms with van der Waals surface area (Å²) in [6, 6.07) is 0. The van der Waals surface area contributed by atoms with Gasteiger partial charge in [0.1, 0.15) is 0 Å². The summed E-state index contributed by atoms with van der Waals surface area (Å²) in [5.74, 6) is 0. The monoisotopic (exact) mass is 332 g/mol. The predicted molar refractivity (Wildman–Crippen MR) is 103 cm³/mol. The largest absolute Gasteiger partial charge is 0.300 e. The van der Waals surface area contributed by atoms with Gasteiger partial charge >= 0.3 is 0 Å². The second-order valence-corrected chi connectivity index (χ2v) is 7.46. The number of nitrogens with zero attached hydrogens (tertiary/aromatic N) is 4. The van der Waals surface area contributed by atoms with E-state index in [4.69, 9.17) is 0 Å². The number of rotatable bonds is 0. The molecule has 7 aliphatic rings. The molecule has 6 heterocycles. The van der Waals surface area contributed by atoms with Gasteiger partial charge in [-0.2, -0.15) is 0 Å². The molecule has 4 bridgehead atoms. The van der Waals surface area contributed by atoms with E-state index in [9.17, 15) is 0 Å². The van der Waals surface area contributed by atoms with E-state index in [2.05, 4.69) is 43.9 Å². The molecule has 0 aromatic carbocycles. The zero-order valence-electron chi connectivity index (χ0n) is 15.4. The molecular formula is C20H36N4. The molecule has 6 saturated heterocycles. The highest BCUT2D eigenvalue weighted by atomic mass is 15.3. The zero-order valence-corrected chi connectivity index (χ0v) is 15.4. The van der Waals surface area contributed by atoms with Crippen LogP contribution in [0, 0.1) is 0 Å². The Labute approximate surface area is 148 Å². The van der Waals surface area contributed by atoms with Crippen molar-refractivity contribution < 1.29 is 0 Å². The molecule has 0 spiro atoms. The van der Waals surface area contributed by atoms with Gasteiger partial charge < -0.3 is 0 Å². The lowest BCUT2D eigenvalue weighted by Crippen LogP contribution is -2.55. The lowest BCUT2D eigenvalue weighted by Gasteiger charge is -2.41. The first kappa shape index (κ1) is 18.1. The van der Waals surface area contributed by atoms with Crippen LogP contribution in [0.15, 0.2) is 24.3 Å². The fraction of sp³-hybridized carbons (Fsp3) is 0.800. The van der Waals surface area contributed by atoms with Gasteiger partial charge in [0.05, 0.1) is 0 Å². The maximum absolute atomic E-state index is 2.54. The van der Waals surface area contributed by atoms with Crippen LogP contribution in [0.4, 0.5) is 0 Å². The molecular weight excluding hydrogens is 296 g/mol. The molecule has 0 radical (unpaired) electrons. The molecule has 1 aliphatic carbocycles. The molecule has 0 N–H and O–H groups in total. The number of hydrogen-bond acceptors (Lipinski definition) is 4. The first-order chi connectivity index (χ1) is 11.9. The lowest BCUT2D eigenvalue weighted by atomic mass is 10.1. The summed E-state index contributed by atoms with van der Waals surface area (Å²) in [5.41, 5.74) is 0. The van der Waals surface area contributed by atoms with Gasteiger partial charge in [-0.25, -0.2) is 0 Å². The van der Waals surface area contributed by atoms with Crippen molar-refractivity contribution in [2.24, 2.45) is 0 Å². The topological polar surface area (TPSA) is 13.0 Å². The minimum absolute atomic E-state index is 1.23. The van der Waals surface area contributed by atoms with Crippen LogP contribution < -0.4 is 0 Å². The van der Waals surface area contributed by atoms with Crippen molar-refractivity contribution in [3.8, 4) is 0 Å².